The molecule has 0 heterocycles. The second-order valence-electron chi connectivity index (χ2n) is 4.08. The van der Waals surface area contributed by atoms with E-state index in [0.29, 0.717) is 6.42 Å². The van der Waals surface area contributed by atoms with Crippen LogP contribution >= 0.6 is 0 Å². The van der Waals surface area contributed by atoms with Crippen LogP contribution in [0.15, 0.2) is 0 Å². The molecule has 0 aromatic rings. The van der Waals surface area contributed by atoms with Gasteiger partial charge in [0.2, 0.25) is 0 Å². The van der Waals surface area contributed by atoms with Crippen molar-refractivity contribution in [2.45, 2.75) is 20.3 Å². The highest BCUT2D eigenvalue weighted by Crippen LogP contribution is 2.21. The van der Waals surface area contributed by atoms with Crippen LogP contribution in [-0.4, -0.2) is 35.7 Å². The van der Waals surface area contributed by atoms with Gasteiger partial charge >= 0.3 is 11.9 Å². The molecule has 0 aromatic carbocycles. The molecule has 5 heteroatoms. The SMILES string of the molecule is CNC[C@H](C(=O)O)[C@@H](CC(C)C)C(=O)O. The second-order valence-corrected chi connectivity index (χ2v) is 4.08. The molecular weight excluding hydrogens is 198 g/mol. The lowest BCUT2D eigenvalue weighted by Crippen LogP contribution is -2.37. The van der Waals surface area contributed by atoms with Crippen LogP contribution in [0.1, 0.15) is 20.3 Å². The van der Waals surface area contributed by atoms with Gasteiger partial charge in [0.15, 0.2) is 0 Å². The summed E-state index contributed by atoms with van der Waals surface area (Å²) in [5.41, 5.74) is 0. The molecule has 0 spiro atoms. The van der Waals surface area contributed by atoms with Crippen LogP contribution in [0.2, 0.25) is 0 Å². The summed E-state index contributed by atoms with van der Waals surface area (Å²) in [6.45, 7) is 3.95. The first-order chi connectivity index (χ1) is 6.90. The lowest BCUT2D eigenvalue weighted by molar-refractivity contribution is -0.154. The second kappa shape index (κ2) is 6.40. The standard InChI is InChI=1S/C10H19NO4/c1-6(2)4-7(9(12)13)8(5-11-3)10(14)15/h6-8,11H,4-5H2,1-3H3,(H,12,13)(H,14,15)/t7-,8+/m1/s1. The van der Waals surface area contributed by atoms with Gasteiger partial charge in [-0.25, -0.2) is 0 Å². The number of aliphatic carboxylic acids is 2. The number of nitrogens with one attached hydrogen (secondary N) is 1. The third kappa shape index (κ3) is 4.78. The van der Waals surface area contributed by atoms with Crippen molar-refractivity contribution in [3.05, 3.63) is 0 Å². The number of hydrogen-bond acceptors (Lipinski definition) is 3. The summed E-state index contributed by atoms with van der Waals surface area (Å²) < 4.78 is 0. The Bertz CT molecular complexity index is 227. The molecule has 5 nitrogen and oxygen atoms in total. The van der Waals surface area contributed by atoms with Gasteiger partial charge in [-0.1, -0.05) is 13.8 Å². The van der Waals surface area contributed by atoms with Crippen molar-refractivity contribution in [3.63, 3.8) is 0 Å². The van der Waals surface area contributed by atoms with Crippen LogP contribution in [0.4, 0.5) is 0 Å². The Hall–Kier alpha value is -1.10. The lowest BCUT2D eigenvalue weighted by Gasteiger charge is -2.21. The third-order valence-corrected chi connectivity index (χ3v) is 2.27. The molecule has 0 rings (SSSR count). The third-order valence-electron chi connectivity index (χ3n) is 2.27. The van der Waals surface area contributed by atoms with Crippen molar-refractivity contribution < 1.29 is 19.8 Å². The molecule has 0 aromatic heterocycles. The summed E-state index contributed by atoms with van der Waals surface area (Å²) in [5.74, 6) is -3.61. The van der Waals surface area contributed by atoms with E-state index in [9.17, 15) is 9.59 Å². The smallest absolute Gasteiger partial charge is 0.308 e. The van der Waals surface area contributed by atoms with E-state index >= 15 is 0 Å². The molecular formula is C10H19NO4. The maximum Gasteiger partial charge on any atom is 0.308 e. The van der Waals surface area contributed by atoms with Crippen LogP contribution in [0.3, 0.4) is 0 Å². The van der Waals surface area contributed by atoms with Gasteiger partial charge in [-0.15, -0.1) is 0 Å². The zero-order valence-corrected chi connectivity index (χ0v) is 9.36. The molecule has 0 unspecified atom stereocenters. The first kappa shape index (κ1) is 13.9. The van der Waals surface area contributed by atoms with Crippen LogP contribution in [0.5, 0.6) is 0 Å². The highest BCUT2D eigenvalue weighted by atomic mass is 16.4. The zero-order chi connectivity index (χ0) is 12.0. The van der Waals surface area contributed by atoms with Crippen LogP contribution in [0, 0.1) is 17.8 Å². The zero-order valence-electron chi connectivity index (χ0n) is 9.36. The lowest BCUT2D eigenvalue weighted by atomic mass is 9.85. The summed E-state index contributed by atoms with van der Waals surface area (Å²) in [7, 11) is 1.62. The van der Waals surface area contributed by atoms with E-state index in [-0.39, 0.29) is 12.5 Å². The van der Waals surface area contributed by atoms with Gasteiger partial charge in [-0.2, -0.15) is 0 Å². The summed E-state index contributed by atoms with van der Waals surface area (Å²) in [4.78, 5) is 21.9. The Morgan fingerprint density at radius 3 is 1.87 bits per heavy atom. The van der Waals surface area contributed by atoms with E-state index in [1.165, 1.54) is 0 Å². The average molecular weight is 217 g/mol. The highest BCUT2D eigenvalue weighted by Gasteiger charge is 2.33. The van der Waals surface area contributed by atoms with Gasteiger partial charge in [0.25, 0.3) is 0 Å². The molecule has 0 fully saturated rings. The number of rotatable bonds is 7. The molecule has 0 aliphatic rings. The molecule has 0 radical (unpaired) electrons. The molecule has 0 aliphatic heterocycles. The van der Waals surface area contributed by atoms with E-state index in [2.05, 4.69) is 5.32 Å². The first-order valence-corrected chi connectivity index (χ1v) is 5.00. The number of carboxylic acid groups (broad SMARTS) is 2. The van der Waals surface area contributed by atoms with Gasteiger partial charge < -0.3 is 15.5 Å². The molecule has 15 heavy (non-hydrogen) atoms. The summed E-state index contributed by atoms with van der Waals surface area (Å²) in [6.07, 6.45) is 0.383. The van der Waals surface area contributed by atoms with E-state index < -0.39 is 23.8 Å². The quantitative estimate of drug-likeness (QED) is 0.583. The number of carboxylic acids is 2. The minimum atomic E-state index is -1.06. The van der Waals surface area contributed by atoms with Gasteiger partial charge in [-0.05, 0) is 19.4 Å². The minimum Gasteiger partial charge on any atom is -0.481 e. The highest BCUT2D eigenvalue weighted by molar-refractivity contribution is 5.80. The molecule has 0 aliphatic carbocycles. The van der Waals surface area contributed by atoms with E-state index in [0.717, 1.165) is 0 Å². The Morgan fingerprint density at radius 1 is 1.13 bits per heavy atom. The fourth-order valence-electron chi connectivity index (χ4n) is 1.57. The van der Waals surface area contributed by atoms with Gasteiger partial charge in [-0.3, -0.25) is 9.59 Å². The first-order valence-electron chi connectivity index (χ1n) is 5.00. The summed E-state index contributed by atoms with van der Waals surface area (Å²) >= 11 is 0. The van der Waals surface area contributed by atoms with E-state index in [4.69, 9.17) is 10.2 Å². The predicted molar refractivity (Wildman–Crippen MR) is 55.6 cm³/mol. The molecule has 0 bridgehead atoms. The Kier molecular flexibility index (Phi) is 5.93. The van der Waals surface area contributed by atoms with Crippen molar-refractivity contribution in [2.24, 2.45) is 17.8 Å². The molecule has 3 N–H and O–H groups in total. The van der Waals surface area contributed by atoms with Crippen molar-refractivity contribution in [2.75, 3.05) is 13.6 Å². The van der Waals surface area contributed by atoms with Crippen molar-refractivity contribution >= 4 is 11.9 Å². The largest absolute Gasteiger partial charge is 0.481 e. The molecule has 0 saturated heterocycles. The summed E-state index contributed by atoms with van der Waals surface area (Å²) in [5, 5.41) is 20.6. The van der Waals surface area contributed by atoms with Gasteiger partial charge in [0.05, 0.1) is 11.8 Å². The van der Waals surface area contributed by atoms with Crippen molar-refractivity contribution in [1.29, 1.82) is 0 Å². The normalized spacial score (nSPS) is 14.9. The van der Waals surface area contributed by atoms with Crippen LogP contribution in [0.25, 0.3) is 0 Å². The monoisotopic (exact) mass is 217 g/mol. The maximum atomic E-state index is 11.0. The van der Waals surface area contributed by atoms with Crippen molar-refractivity contribution in [1.82, 2.24) is 5.32 Å². The topological polar surface area (TPSA) is 86.6 Å². The van der Waals surface area contributed by atoms with Crippen LogP contribution < -0.4 is 5.32 Å². The predicted octanol–water partition coefficient (Wildman–Crippen LogP) is 0.653. The molecule has 2 atom stereocenters. The Morgan fingerprint density at radius 2 is 1.60 bits per heavy atom. The Labute approximate surface area is 89.5 Å². The molecule has 0 saturated carbocycles. The minimum absolute atomic E-state index is 0.171. The number of hydrogen-bond donors (Lipinski definition) is 3. The average Bonchev–Trinajstić information content (AvgIpc) is 2.09. The summed E-state index contributed by atoms with van der Waals surface area (Å²) in [6, 6.07) is 0. The Balaban J connectivity index is 4.67. The number of carbonyl (C=O) groups is 2. The fourth-order valence-corrected chi connectivity index (χ4v) is 1.57. The molecule has 0 amide bonds. The maximum absolute atomic E-state index is 11.0. The fraction of sp³-hybridized carbons (Fsp3) is 0.800. The van der Waals surface area contributed by atoms with E-state index in [1.54, 1.807) is 7.05 Å². The van der Waals surface area contributed by atoms with Crippen LogP contribution in [-0.2, 0) is 9.59 Å². The molecule has 88 valence electrons. The van der Waals surface area contributed by atoms with Gasteiger partial charge in [0.1, 0.15) is 0 Å². The van der Waals surface area contributed by atoms with E-state index in [1.807, 2.05) is 13.8 Å². The van der Waals surface area contributed by atoms with Gasteiger partial charge in [0, 0.05) is 6.54 Å². The van der Waals surface area contributed by atoms with Crippen molar-refractivity contribution in [3.8, 4) is 0 Å².